The summed E-state index contributed by atoms with van der Waals surface area (Å²) in [4.78, 5) is 8.48. The number of furan rings is 1. The van der Waals surface area contributed by atoms with E-state index in [0.29, 0.717) is 18.1 Å². The van der Waals surface area contributed by atoms with Gasteiger partial charge in [0.25, 0.3) is 0 Å². The van der Waals surface area contributed by atoms with Crippen molar-refractivity contribution < 1.29 is 4.42 Å². The van der Waals surface area contributed by atoms with Crippen LogP contribution in [-0.2, 0) is 6.54 Å². The Labute approximate surface area is 129 Å². The van der Waals surface area contributed by atoms with Crippen LogP contribution in [-0.4, -0.2) is 20.7 Å². The van der Waals surface area contributed by atoms with Crippen molar-refractivity contribution in [1.82, 2.24) is 14.5 Å². The summed E-state index contributed by atoms with van der Waals surface area (Å²) >= 11 is 6.78. The Hall–Kier alpha value is -2.32. The molecule has 0 aliphatic rings. The van der Waals surface area contributed by atoms with E-state index in [0.717, 1.165) is 14.3 Å². The van der Waals surface area contributed by atoms with E-state index in [1.54, 1.807) is 24.6 Å². The highest BCUT2D eigenvalue weighted by Gasteiger charge is 2.10. The molecule has 1 N–H and O–H groups in total. The third-order valence-corrected chi connectivity index (χ3v) is 4.11. The van der Waals surface area contributed by atoms with Gasteiger partial charge in [0.1, 0.15) is 16.8 Å². The van der Waals surface area contributed by atoms with Crippen LogP contribution in [0.4, 0.5) is 5.82 Å². The lowest BCUT2D eigenvalue weighted by Gasteiger charge is -2.01. The van der Waals surface area contributed by atoms with Crippen LogP contribution in [0, 0.1) is 3.95 Å². The minimum atomic E-state index is 0.613. The summed E-state index contributed by atoms with van der Waals surface area (Å²) in [5.74, 6) is 1.27. The number of thiazole rings is 1. The van der Waals surface area contributed by atoms with Crippen molar-refractivity contribution in [1.29, 1.82) is 0 Å². The lowest BCUT2D eigenvalue weighted by atomic mass is 10.5. The Morgan fingerprint density at radius 2 is 2.43 bits per heavy atom. The summed E-state index contributed by atoms with van der Waals surface area (Å²) < 4.78 is 8.66. The summed E-state index contributed by atoms with van der Waals surface area (Å²) in [5, 5.41) is 4.10. The SMILES string of the molecule is C=CCn1c(=S)sc2c(N/N=C\c3ccco3)ncnc21. The number of anilines is 1. The van der Waals surface area contributed by atoms with E-state index in [2.05, 4.69) is 27.1 Å². The molecular weight excluding hydrogens is 306 g/mol. The maximum atomic E-state index is 5.34. The van der Waals surface area contributed by atoms with Gasteiger partial charge in [0.15, 0.2) is 15.4 Å². The van der Waals surface area contributed by atoms with Crippen LogP contribution in [0.2, 0.25) is 0 Å². The van der Waals surface area contributed by atoms with Gasteiger partial charge in [0.2, 0.25) is 0 Å². The fourth-order valence-corrected chi connectivity index (χ4v) is 3.08. The van der Waals surface area contributed by atoms with Gasteiger partial charge in [-0.15, -0.1) is 6.58 Å². The van der Waals surface area contributed by atoms with E-state index in [1.807, 2.05) is 10.6 Å². The molecule has 0 atom stereocenters. The zero-order valence-electron chi connectivity index (χ0n) is 10.9. The first-order valence-electron chi connectivity index (χ1n) is 6.07. The van der Waals surface area contributed by atoms with Gasteiger partial charge < -0.3 is 8.98 Å². The first kappa shape index (κ1) is 13.7. The highest BCUT2D eigenvalue weighted by atomic mass is 32.1. The van der Waals surface area contributed by atoms with Crippen molar-refractivity contribution in [3.63, 3.8) is 0 Å². The van der Waals surface area contributed by atoms with Gasteiger partial charge in [-0.2, -0.15) is 5.10 Å². The Morgan fingerprint density at radius 3 is 3.19 bits per heavy atom. The number of hydrogen-bond donors (Lipinski definition) is 1. The van der Waals surface area contributed by atoms with Gasteiger partial charge in [0, 0.05) is 6.54 Å². The van der Waals surface area contributed by atoms with E-state index < -0.39 is 0 Å². The fourth-order valence-electron chi connectivity index (χ4n) is 1.77. The molecule has 0 bridgehead atoms. The van der Waals surface area contributed by atoms with Crippen LogP contribution in [0.5, 0.6) is 0 Å². The maximum Gasteiger partial charge on any atom is 0.169 e. The van der Waals surface area contributed by atoms with Crippen molar-refractivity contribution in [3.8, 4) is 0 Å². The second-order valence-electron chi connectivity index (χ2n) is 4.03. The number of rotatable bonds is 5. The largest absolute Gasteiger partial charge is 0.463 e. The van der Waals surface area contributed by atoms with Gasteiger partial charge in [-0.25, -0.2) is 9.97 Å². The molecule has 3 heterocycles. The molecule has 0 amide bonds. The van der Waals surface area contributed by atoms with Crippen LogP contribution < -0.4 is 5.43 Å². The standard InChI is InChI=1S/C13H11N5OS2/c1-2-5-18-12-10(21-13(18)20)11(14-8-15-12)17-16-7-9-4-3-6-19-9/h2-4,6-8H,1,5H2,(H,14,15,17)/b16-7-. The van der Waals surface area contributed by atoms with Crippen molar-refractivity contribution >= 4 is 45.9 Å². The highest BCUT2D eigenvalue weighted by molar-refractivity contribution is 7.73. The molecule has 0 aliphatic heterocycles. The number of hydrazone groups is 1. The van der Waals surface area contributed by atoms with E-state index in [9.17, 15) is 0 Å². The Balaban J connectivity index is 1.94. The molecule has 21 heavy (non-hydrogen) atoms. The van der Waals surface area contributed by atoms with Crippen LogP contribution in [0.1, 0.15) is 5.76 Å². The smallest absolute Gasteiger partial charge is 0.169 e. The third kappa shape index (κ3) is 2.76. The Morgan fingerprint density at radius 1 is 1.52 bits per heavy atom. The number of aromatic nitrogens is 3. The molecule has 0 saturated heterocycles. The quantitative estimate of drug-likeness (QED) is 0.338. The zero-order chi connectivity index (χ0) is 14.7. The van der Waals surface area contributed by atoms with Crippen molar-refractivity contribution in [2.75, 3.05) is 5.43 Å². The van der Waals surface area contributed by atoms with Crippen molar-refractivity contribution in [2.45, 2.75) is 6.54 Å². The van der Waals surface area contributed by atoms with Crippen LogP contribution in [0.3, 0.4) is 0 Å². The van der Waals surface area contributed by atoms with Crippen LogP contribution in [0.25, 0.3) is 10.3 Å². The maximum absolute atomic E-state index is 5.34. The van der Waals surface area contributed by atoms with Gasteiger partial charge in [0.05, 0.1) is 12.5 Å². The third-order valence-electron chi connectivity index (χ3n) is 2.67. The van der Waals surface area contributed by atoms with Gasteiger partial charge in [-0.1, -0.05) is 17.4 Å². The van der Waals surface area contributed by atoms with E-state index in [1.165, 1.54) is 17.7 Å². The predicted molar refractivity (Wildman–Crippen MR) is 86.4 cm³/mol. The molecule has 106 valence electrons. The van der Waals surface area contributed by atoms with Crippen LogP contribution >= 0.6 is 23.6 Å². The first-order valence-corrected chi connectivity index (χ1v) is 7.30. The zero-order valence-corrected chi connectivity index (χ0v) is 12.5. The number of allylic oxidation sites excluding steroid dienone is 1. The van der Waals surface area contributed by atoms with Crippen LogP contribution in [0.15, 0.2) is 46.9 Å². The highest BCUT2D eigenvalue weighted by Crippen LogP contribution is 2.26. The fraction of sp³-hybridized carbons (Fsp3) is 0.0769. The van der Waals surface area contributed by atoms with Gasteiger partial charge in [-0.3, -0.25) is 5.43 Å². The summed E-state index contributed by atoms with van der Waals surface area (Å²) in [7, 11) is 0. The average molecular weight is 317 g/mol. The molecule has 3 aromatic heterocycles. The monoisotopic (exact) mass is 317 g/mol. The molecular formula is C13H11N5OS2. The second-order valence-corrected chi connectivity index (χ2v) is 5.67. The predicted octanol–water partition coefficient (Wildman–Crippen LogP) is 3.45. The van der Waals surface area contributed by atoms with Gasteiger partial charge >= 0.3 is 0 Å². The normalized spacial score (nSPS) is 11.2. The number of nitrogens with one attached hydrogen (secondary N) is 1. The molecule has 0 fully saturated rings. The number of fused-ring (bicyclic) bond motifs is 1. The van der Waals surface area contributed by atoms with E-state index in [4.69, 9.17) is 16.6 Å². The first-order chi connectivity index (χ1) is 10.3. The minimum absolute atomic E-state index is 0.613. The second kappa shape index (κ2) is 5.98. The van der Waals surface area contributed by atoms with Crippen molar-refractivity contribution in [3.05, 3.63) is 47.1 Å². The molecule has 0 spiro atoms. The molecule has 0 aromatic carbocycles. The molecule has 3 aromatic rings. The lowest BCUT2D eigenvalue weighted by molar-refractivity contribution is 0.560. The number of nitrogens with zero attached hydrogens (tertiary/aromatic N) is 4. The molecule has 6 nitrogen and oxygen atoms in total. The topological polar surface area (TPSA) is 68.2 Å². The summed E-state index contributed by atoms with van der Waals surface area (Å²) in [6, 6.07) is 3.61. The lowest BCUT2D eigenvalue weighted by Crippen LogP contribution is -1.98. The molecule has 3 rings (SSSR count). The summed E-state index contributed by atoms with van der Waals surface area (Å²) in [6.07, 6.45) is 6.43. The molecule has 8 heteroatoms. The summed E-state index contributed by atoms with van der Waals surface area (Å²) in [5.41, 5.74) is 3.67. The average Bonchev–Trinajstić information content (AvgIpc) is 3.09. The Kier molecular flexibility index (Phi) is 3.89. The number of hydrogen-bond acceptors (Lipinski definition) is 7. The molecule has 0 aliphatic carbocycles. The van der Waals surface area contributed by atoms with Crippen molar-refractivity contribution in [2.24, 2.45) is 5.10 Å². The molecule has 0 saturated carbocycles. The minimum Gasteiger partial charge on any atom is -0.463 e. The molecule has 0 unspecified atom stereocenters. The van der Waals surface area contributed by atoms with E-state index in [-0.39, 0.29) is 0 Å². The summed E-state index contributed by atoms with van der Waals surface area (Å²) in [6.45, 7) is 4.34. The molecule has 0 radical (unpaired) electrons. The van der Waals surface area contributed by atoms with E-state index >= 15 is 0 Å². The Bertz CT molecular complexity index is 847. The van der Waals surface area contributed by atoms with Gasteiger partial charge in [-0.05, 0) is 24.4 Å².